The lowest BCUT2D eigenvalue weighted by Crippen LogP contribution is -2.34. The molecule has 7 nitrogen and oxygen atoms in total. The second-order valence-corrected chi connectivity index (χ2v) is 11.4. The number of fused-ring (bicyclic) bond motifs is 1. The Kier molecular flexibility index (Phi) is 9.42. The van der Waals surface area contributed by atoms with E-state index >= 15 is 0 Å². The van der Waals surface area contributed by atoms with E-state index in [0.29, 0.717) is 23.5 Å². The topological polar surface area (TPSA) is 94.6 Å². The molecule has 0 radical (unpaired) electrons. The van der Waals surface area contributed by atoms with E-state index in [-0.39, 0.29) is 23.6 Å². The smallest absolute Gasteiger partial charge is 0.416 e. The first-order valence-electron chi connectivity index (χ1n) is 14.0. The zero-order valence-corrected chi connectivity index (χ0v) is 24.1. The van der Waals surface area contributed by atoms with Crippen LogP contribution in [0.25, 0.3) is 15.8 Å². The quantitative estimate of drug-likeness (QED) is 0.158. The molecule has 0 aliphatic heterocycles. The zero-order chi connectivity index (χ0) is 30.4. The lowest BCUT2D eigenvalue weighted by atomic mass is 9.93. The van der Waals surface area contributed by atoms with Crippen molar-refractivity contribution in [2.75, 3.05) is 16.8 Å². The number of aromatic nitrogens is 1. The summed E-state index contributed by atoms with van der Waals surface area (Å²) >= 11 is 1.11. The maximum Gasteiger partial charge on any atom is 0.416 e. The molecule has 224 valence electrons. The largest absolute Gasteiger partial charge is 0.481 e. The van der Waals surface area contributed by atoms with Gasteiger partial charge in [0.15, 0.2) is 5.13 Å². The van der Waals surface area contributed by atoms with Crippen molar-refractivity contribution in [2.45, 2.75) is 51.4 Å². The molecule has 0 saturated carbocycles. The summed E-state index contributed by atoms with van der Waals surface area (Å²) in [6.45, 7) is 1.12. The van der Waals surface area contributed by atoms with Crippen LogP contribution in [0.4, 0.5) is 28.8 Å². The summed E-state index contributed by atoms with van der Waals surface area (Å²) in [4.78, 5) is 30.2. The summed E-state index contributed by atoms with van der Waals surface area (Å²) in [6.07, 6.45) is 2.24. The normalized spacial score (nSPS) is 13.5. The van der Waals surface area contributed by atoms with Gasteiger partial charge in [0.1, 0.15) is 0 Å². The van der Waals surface area contributed by atoms with Gasteiger partial charge < -0.3 is 10.4 Å². The number of amides is 2. The summed E-state index contributed by atoms with van der Waals surface area (Å²) in [5.41, 5.74) is 4.30. The molecule has 4 aromatic rings. The van der Waals surface area contributed by atoms with E-state index in [2.05, 4.69) is 21.7 Å². The molecule has 1 aliphatic rings. The SMILES string of the molecule is O=C(O)CCNCc1ccc(CN(C(=O)Nc2nc3cc(C(F)(F)F)ccc3s2)c2ccc(C3=CCCCC3)cc2)cc1. The fraction of sp³-hybridized carbons (Fsp3) is 0.281. The maximum absolute atomic E-state index is 13.6. The number of rotatable bonds is 10. The number of benzene rings is 3. The molecule has 0 atom stereocenters. The number of halogens is 3. The number of hydrogen-bond donors (Lipinski definition) is 3. The molecule has 0 fully saturated rings. The van der Waals surface area contributed by atoms with Gasteiger partial charge in [0.05, 0.1) is 28.7 Å². The van der Waals surface area contributed by atoms with Crippen LogP contribution in [-0.4, -0.2) is 28.6 Å². The minimum absolute atomic E-state index is 0.0381. The van der Waals surface area contributed by atoms with Crippen molar-refractivity contribution in [2.24, 2.45) is 0 Å². The number of alkyl halides is 3. The van der Waals surface area contributed by atoms with Crippen LogP contribution in [0.5, 0.6) is 0 Å². The molecule has 1 heterocycles. The molecule has 0 unspecified atom stereocenters. The van der Waals surface area contributed by atoms with Crippen molar-refractivity contribution in [3.05, 3.63) is 95.1 Å². The molecular formula is C32H31F3N4O3S. The van der Waals surface area contributed by atoms with Gasteiger partial charge in [-0.15, -0.1) is 0 Å². The van der Waals surface area contributed by atoms with Crippen molar-refractivity contribution in [1.82, 2.24) is 10.3 Å². The number of nitrogens with zero attached hydrogens (tertiary/aromatic N) is 2. The Morgan fingerprint density at radius 3 is 2.40 bits per heavy atom. The standard InChI is InChI=1S/C32H31F3N4O3S/c33-32(34,35)25-12-15-28-27(18-25)37-30(43-28)38-31(42)39(26-13-10-24(11-14-26)23-4-2-1-3-5-23)20-22-8-6-21(7-9-22)19-36-17-16-29(40)41/h4,6-15,18,36H,1-3,5,16-17,19-20H2,(H,40,41)(H,37,38,42). The molecule has 0 saturated heterocycles. The number of carbonyl (C=O) groups excluding carboxylic acids is 1. The number of nitrogens with one attached hydrogen (secondary N) is 2. The highest BCUT2D eigenvalue weighted by Crippen LogP contribution is 2.34. The van der Waals surface area contributed by atoms with E-state index in [1.54, 1.807) is 4.90 Å². The number of aliphatic carboxylic acids is 1. The van der Waals surface area contributed by atoms with E-state index in [9.17, 15) is 22.8 Å². The Morgan fingerprint density at radius 1 is 0.977 bits per heavy atom. The van der Waals surface area contributed by atoms with E-state index in [1.165, 1.54) is 18.1 Å². The van der Waals surface area contributed by atoms with Crippen LogP contribution in [0, 0.1) is 0 Å². The molecule has 2 amide bonds. The van der Waals surface area contributed by atoms with Gasteiger partial charge in [0, 0.05) is 18.8 Å². The summed E-state index contributed by atoms with van der Waals surface area (Å²) in [5.74, 6) is -0.860. The van der Waals surface area contributed by atoms with Crippen LogP contribution in [0.3, 0.4) is 0 Å². The summed E-state index contributed by atoms with van der Waals surface area (Å²) in [7, 11) is 0. The van der Waals surface area contributed by atoms with Crippen LogP contribution in [0.2, 0.25) is 0 Å². The molecule has 3 aromatic carbocycles. The number of hydrogen-bond acceptors (Lipinski definition) is 5. The van der Waals surface area contributed by atoms with Gasteiger partial charge in [-0.2, -0.15) is 13.2 Å². The van der Waals surface area contributed by atoms with Crippen LogP contribution >= 0.6 is 11.3 Å². The van der Waals surface area contributed by atoms with Gasteiger partial charge in [0.25, 0.3) is 0 Å². The van der Waals surface area contributed by atoms with E-state index in [1.807, 2.05) is 48.5 Å². The predicted molar refractivity (Wildman–Crippen MR) is 163 cm³/mol. The Labute approximate surface area is 251 Å². The van der Waals surface area contributed by atoms with Gasteiger partial charge in [-0.05, 0) is 78.3 Å². The van der Waals surface area contributed by atoms with Crippen molar-refractivity contribution in [3.8, 4) is 0 Å². The minimum atomic E-state index is -4.48. The van der Waals surface area contributed by atoms with Gasteiger partial charge in [-0.3, -0.25) is 15.0 Å². The first-order valence-corrected chi connectivity index (χ1v) is 14.8. The Bertz CT molecular complexity index is 1620. The van der Waals surface area contributed by atoms with Crippen molar-refractivity contribution < 1.29 is 27.9 Å². The third kappa shape index (κ3) is 7.99. The van der Waals surface area contributed by atoms with Gasteiger partial charge >= 0.3 is 18.2 Å². The molecule has 1 aliphatic carbocycles. The number of allylic oxidation sites excluding steroid dienone is 2. The second-order valence-electron chi connectivity index (χ2n) is 10.4. The Morgan fingerprint density at radius 2 is 1.72 bits per heavy atom. The molecule has 43 heavy (non-hydrogen) atoms. The highest BCUT2D eigenvalue weighted by molar-refractivity contribution is 7.22. The number of carbonyl (C=O) groups is 2. The van der Waals surface area contributed by atoms with Crippen LogP contribution in [0.15, 0.2) is 72.8 Å². The zero-order valence-electron chi connectivity index (χ0n) is 23.3. The van der Waals surface area contributed by atoms with Crippen LogP contribution in [0.1, 0.15) is 54.4 Å². The Hall–Kier alpha value is -4.22. The average Bonchev–Trinajstić information content (AvgIpc) is 3.40. The summed E-state index contributed by atoms with van der Waals surface area (Å²) < 4.78 is 40.1. The summed E-state index contributed by atoms with van der Waals surface area (Å²) in [5, 5.41) is 14.9. The molecule has 11 heteroatoms. The lowest BCUT2D eigenvalue weighted by Gasteiger charge is -2.24. The maximum atomic E-state index is 13.6. The van der Waals surface area contributed by atoms with E-state index in [0.717, 1.165) is 59.4 Å². The van der Waals surface area contributed by atoms with Crippen molar-refractivity contribution in [3.63, 3.8) is 0 Å². The number of thiazole rings is 1. The third-order valence-electron chi connectivity index (χ3n) is 7.22. The molecular weight excluding hydrogens is 577 g/mol. The van der Waals surface area contributed by atoms with E-state index in [4.69, 9.17) is 5.11 Å². The highest BCUT2D eigenvalue weighted by atomic mass is 32.1. The molecule has 0 spiro atoms. The predicted octanol–water partition coefficient (Wildman–Crippen LogP) is 8.08. The monoisotopic (exact) mass is 608 g/mol. The fourth-order valence-electron chi connectivity index (χ4n) is 4.93. The second kappa shape index (κ2) is 13.4. The van der Waals surface area contributed by atoms with Crippen molar-refractivity contribution >= 4 is 49.9 Å². The van der Waals surface area contributed by atoms with Crippen LogP contribution < -0.4 is 15.5 Å². The molecule has 0 bridgehead atoms. The van der Waals surface area contributed by atoms with Crippen LogP contribution in [-0.2, 0) is 24.1 Å². The van der Waals surface area contributed by atoms with Crippen molar-refractivity contribution in [1.29, 1.82) is 0 Å². The van der Waals surface area contributed by atoms with E-state index < -0.39 is 23.7 Å². The average molecular weight is 609 g/mol. The number of anilines is 2. The lowest BCUT2D eigenvalue weighted by molar-refractivity contribution is -0.138. The van der Waals surface area contributed by atoms with Gasteiger partial charge in [-0.1, -0.05) is 53.8 Å². The molecule has 3 N–H and O–H groups in total. The number of carboxylic acids is 1. The number of urea groups is 1. The first-order chi connectivity index (χ1) is 20.7. The highest BCUT2D eigenvalue weighted by Gasteiger charge is 2.31. The molecule has 1 aromatic heterocycles. The fourth-order valence-corrected chi connectivity index (χ4v) is 5.76. The molecule has 5 rings (SSSR count). The Balaban J connectivity index is 1.35. The first kappa shape index (κ1) is 30.2. The van der Waals surface area contributed by atoms with Gasteiger partial charge in [-0.25, -0.2) is 9.78 Å². The number of carboxylic acid groups (broad SMARTS) is 1. The third-order valence-corrected chi connectivity index (χ3v) is 8.17. The minimum Gasteiger partial charge on any atom is -0.481 e. The summed E-state index contributed by atoms with van der Waals surface area (Å²) in [6, 6.07) is 18.4. The van der Waals surface area contributed by atoms with Gasteiger partial charge in [0.2, 0.25) is 0 Å².